The van der Waals surface area contributed by atoms with Gasteiger partial charge in [-0.1, -0.05) is 18.2 Å². The number of nitrogens with zero attached hydrogens (tertiary/aromatic N) is 1. The van der Waals surface area contributed by atoms with E-state index in [4.69, 9.17) is 14.2 Å². The van der Waals surface area contributed by atoms with E-state index in [1.165, 1.54) is 0 Å². The topological polar surface area (TPSA) is 65.1 Å². The maximum atomic E-state index is 13.0. The van der Waals surface area contributed by atoms with Crippen molar-refractivity contribution in [3.05, 3.63) is 83.4 Å². The normalized spacial score (nSPS) is 12.4. The molecule has 6 nitrogen and oxygen atoms in total. The molecule has 7 heteroatoms. The molecular weight excluding hydrogens is 450 g/mol. The minimum atomic E-state index is -0.391. The summed E-state index contributed by atoms with van der Waals surface area (Å²) in [6.07, 6.45) is 2.69. The highest BCUT2D eigenvalue weighted by atomic mass is 32.2. The number of benzene rings is 3. The molecule has 0 bridgehead atoms. The van der Waals surface area contributed by atoms with Gasteiger partial charge in [0.25, 0.3) is 5.91 Å². The van der Waals surface area contributed by atoms with Gasteiger partial charge in [-0.05, 0) is 67.3 Å². The lowest BCUT2D eigenvalue weighted by Gasteiger charge is -2.16. The molecule has 0 N–H and O–H groups in total. The fourth-order valence-electron chi connectivity index (χ4n) is 3.82. The van der Waals surface area contributed by atoms with Crippen molar-refractivity contribution >= 4 is 29.3 Å². The summed E-state index contributed by atoms with van der Waals surface area (Å²) in [5.74, 6) is 0.936. The van der Waals surface area contributed by atoms with Gasteiger partial charge in [-0.3, -0.25) is 4.79 Å². The lowest BCUT2D eigenvalue weighted by Crippen LogP contribution is -2.22. The fourth-order valence-corrected chi connectivity index (χ4v) is 4.23. The quantitative estimate of drug-likeness (QED) is 0.298. The molecule has 176 valence electrons. The van der Waals surface area contributed by atoms with E-state index in [0.717, 1.165) is 27.5 Å². The smallest absolute Gasteiger partial charge is 0.344 e. The van der Waals surface area contributed by atoms with Crippen molar-refractivity contribution in [3.63, 3.8) is 0 Å². The molecule has 3 aromatic carbocycles. The van der Waals surface area contributed by atoms with Crippen LogP contribution in [-0.2, 0) is 22.5 Å². The second-order valence-corrected chi connectivity index (χ2v) is 8.59. The van der Waals surface area contributed by atoms with E-state index in [1.807, 2.05) is 66.9 Å². The molecule has 0 atom stereocenters. The van der Waals surface area contributed by atoms with Crippen molar-refractivity contribution in [2.75, 3.05) is 31.0 Å². The van der Waals surface area contributed by atoms with Crippen LogP contribution in [0.3, 0.4) is 0 Å². The van der Waals surface area contributed by atoms with Gasteiger partial charge < -0.3 is 19.1 Å². The maximum absolute atomic E-state index is 13.0. The summed E-state index contributed by atoms with van der Waals surface area (Å²) in [5.41, 5.74) is 3.50. The number of amides is 1. The minimum Gasteiger partial charge on any atom is -0.493 e. The third-order valence-electron chi connectivity index (χ3n) is 5.52. The maximum Gasteiger partial charge on any atom is 0.344 e. The molecule has 1 amide bonds. The number of rotatable bonds is 10. The van der Waals surface area contributed by atoms with E-state index in [-0.39, 0.29) is 12.5 Å². The van der Waals surface area contributed by atoms with Gasteiger partial charge in [-0.15, -0.1) is 11.8 Å². The zero-order valence-corrected chi connectivity index (χ0v) is 20.1. The molecule has 0 unspecified atom stereocenters. The van der Waals surface area contributed by atoms with E-state index in [0.29, 0.717) is 37.5 Å². The number of carbonyl (C=O) groups is 2. The third-order valence-corrected chi connectivity index (χ3v) is 6.26. The standard InChI is InChI=1S/C27H27NO5S/c1-3-31-26(29)18-33-21-7-4-6-19(16-21)14-15-32-25-9-5-8-23-24(25)17-28(27(23)30)20-10-12-22(34-2)13-11-20/h4-13,16H,3,14-15,17-18H2,1-2H3. The molecule has 1 aliphatic heterocycles. The summed E-state index contributed by atoms with van der Waals surface area (Å²) in [6.45, 7) is 2.91. The van der Waals surface area contributed by atoms with Crippen LogP contribution in [-0.4, -0.2) is 38.0 Å². The molecule has 0 radical (unpaired) electrons. The number of anilines is 1. The molecule has 3 aromatic rings. The Bertz CT molecular complexity index is 1160. The van der Waals surface area contributed by atoms with Gasteiger partial charge in [0.15, 0.2) is 6.61 Å². The Hall–Kier alpha value is -3.45. The summed E-state index contributed by atoms with van der Waals surface area (Å²) >= 11 is 1.67. The molecule has 0 aromatic heterocycles. The predicted molar refractivity (Wildman–Crippen MR) is 133 cm³/mol. The van der Waals surface area contributed by atoms with Gasteiger partial charge in [0.1, 0.15) is 11.5 Å². The predicted octanol–water partition coefficient (Wildman–Crippen LogP) is 5.13. The van der Waals surface area contributed by atoms with Gasteiger partial charge in [0, 0.05) is 28.1 Å². The highest BCUT2D eigenvalue weighted by Gasteiger charge is 2.30. The molecule has 0 aliphatic carbocycles. The Morgan fingerprint density at radius 1 is 1.03 bits per heavy atom. The third kappa shape index (κ3) is 5.54. The van der Waals surface area contributed by atoms with Crippen LogP contribution in [0, 0.1) is 0 Å². The Morgan fingerprint density at radius 3 is 2.59 bits per heavy atom. The highest BCUT2D eigenvalue weighted by molar-refractivity contribution is 7.98. The Labute approximate surface area is 203 Å². The van der Waals surface area contributed by atoms with Crippen LogP contribution >= 0.6 is 11.8 Å². The number of hydrogen-bond acceptors (Lipinski definition) is 6. The van der Waals surface area contributed by atoms with Crippen molar-refractivity contribution in [1.82, 2.24) is 0 Å². The molecule has 4 rings (SSSR count). The van der Waals surface area contributed by atoms with Crippen molar-refractivity contribution in [1.29, 1.82) is 0 Å². The Kier molecular flexibility index (Phi) is 7.75. The molecule has 0 saturated heterocycles. The molecular formula is C27H27NO5S. The largest absolute Gasteiger partial charge is 0.493 e. The van der Waals surface area contributed by atoms with Gasteiger partial charge in [-0.25, -0.2) is 4.79 Å². The minimum absolute atomic E-state index is 0.0104. The van der Waals surface area contributed by atoms with Crippen LogP contribution in [0.25, 0.3) is 0 Å². The molecule has 0 fully saturated rings. The van der Waals surface area contributed by atoms with E-state index in [1.54, 1.807) is 29.7 Å². The van der Waals surface area contributed by atoms with Gasteiger partial charge in [0.2, 0.25) is 0 Å². The van der Waals surface area contributed by atoms with Crippen LogP contribution in [0.4, 0.5) is 5.69 Å². The van der Waals surface area contributed by atoms with Crippen LogP contribution in [0.5, 0.6) is 11.5 Å². The second kappa shape index (κ2) is 11.1. The van der Waals surface area contributed by atoms with E-state index < -0.39 is 5.97 Å². The van der Waals surface area contributed by atoms with Crippen LogP contribution in [0.1, 0.15) is 28.4 Å². The highest BCUT2D eigenvalue weighted by Crippen LogP contribution is 2.34. The first-order valence-electron chi connectivity index (χ1n) is 11.2. The lowest BCUT2D eigenvalue weighted by atomic mass is 10.1. The Balaban J connectivity index is 1.37. The van der Waals surface area contributed by atoms with Gasteiger partial charge in [0.05, 0.1) is 19.8 Å². The van der Waals surface area contributed by atoms with Crippen molar-refractivity contribution in [3.8, 4) is 11.5 Å². The van der Waals surface area contributed by atoms with Crippen molar-refractivity contribution in [2.45, 2.75) is 24.8 Å². The van der Waals surface area contributed by atoms with E-state index in [9.17, 15) is 9.59 Å². The summed E-state index contributed by atoms with van der Waals surface area (Å²) in [7, 11) is 0. The number of carbonyl (C=O) groups excluding carboxylic acids is 2. The van der Waals surface area contributed by atoms with Crippen LogP contribution in [0.2, 0.25) is 0 Å². The van der Waals surface area contributed by atoms with E-state index >= 15 is 0 Å². The second-order valence-electron chi connectivity index (χ2n) is 7.71. The number of ether oxygens (including phenoxy) is 3. The van der Waals surface area contributed by atoms with Crippen molar-refractivity contribution < 1.29 is 23.8 Å². The molecule has 0 saturated carbocycles. The summed E-state index contributed by atoms with van der Waals surface area (Å²) in [4.78, 5) is 27.4. The first-order chi connectivity index (χ1) is 16.6. The first-order valence-corrected chi connectivity index (χ1v) is 12.4. The fraction of sp³-hybridized carbons (Fsp3) is 0.259. The summed E-state index contributed by atoms with van der Waals surface area (Å²) < 4.78 is 16.5. The van der Waals surface area contributed by atoms with Crippen molar-refractivity contribution in [2.24, 2.45) is 0 Å². The number of fused-ring (bicyclic) bond motifs is 1. The zero-order valence-electron chi connectivity index (χ0n) is 19.3. The molecule has 1 aliphatic rings. The average molecular weight is 478 g/mol. The van der Waals surface area contributed by atoms with Crippen LogP contribution in [0.15, 0.2) is 71.6 Å². The van der Waals surface area contributed by atoms with Gasteiger partial charge >= 0.3 is 5.97 Å². The van der Waals surface area contributed by atoms with E-state index in [2.05, 4.69) is 0 Å². The molecule has 1 heterocycles. The monoisotopic (exact) mass is 477 g/mol. The SMILES string of the molecule is CCOC(=O)COc1cccc(CCOc2cccc3c2CN(c2ccc(SC)cc2)C3=O)c1. The summed E-state index contributed by atoms with van der Waals surface area (Å²) in [6, 6.07) is 21.2. The number of esters is 1. The van der Waals surface area contributed by atoms with Crippen LogP contribution < -0.4 is 14.4 Å². The Morgan fingerprint density at radius 2 is 1.82 bits per heavy atom. The number of hydrogen-bond donors (Lipinski definition) is 0. The zero-order chi connectivity index (χ0) is 23.9. The van der Waals surface area contributed by atoms with Gasteiger partial charge in [-0.2, -0.15) is 0 Å². The molecule has 34 heavy (non-hydrogen) atoms. The lowest BCUT2D eigenvalue weighted by molar-refractivity contribution is -0.145. The summed E-state index contributed by atoms with van der Waals surface area (Å²) in [5, 5.41) is 0. The first kappa shape index (κ1) is 23.7. The average Bonchev–Trinajstić information content (AvgIpc) is 3.20. The number of thioether (sulfide) groups is 1. The molecule has 0 spiro atoms.